The van der Waals surface area contributed by atoms with Gasteiger partial charge in [-0.15, -0.1) is 6.42 Å². The average molecular weight is 242 g/mol. The van der Waals surface area contributed by atoms with Crippen LogP contribution >= 0.6 is 0 Å². The maximum atomic E-state index is 12.1. The lowest BCUT2D eigenvalue weighted by Gasteiger charge is -2.28. The number of nitrogens with one attached hydrogen (secondary N) is 2. The molecule has 3 heteroatoms. The summed E-state index contributed by atoms with van der Waals surface area (Å²) in [4.78, 5) is 12.1. The minimum Gasteiger partial charge on any atom is -0.384 e. The summed E-state index contributed by atoms with van der Waals surface area (Å²) < 4.78 is 0. The van der Waals surface area contributed by atoms with Crippen LogP contribution in [0.5, 0.6) is 0 Å². The van der Waals surface area contributed by atoms with Crippen LogP contribution in [0, 0.1) is 18.3 Å². The Bertz CT molecular complexity index is 499. The largest absolute Gasteiger partial charge is 0.384 e. The van der Waals surface area contributed by atoms with Gasteiger partial charge in [0.2, 0.25) is 5.91 Å². The third-order valence-electron chi connectivity index (χ3n) is 3.19. The van der Waals surface area contributed by atoms with E-state index in [2.05, 4.69) is 16.6 Å². The van der Waals surface area contributed by atoms with Crippen LogP contribution in [-0.2, 0) is 11.2 Å². The Hall–Kier alpha value is -1.95. The van der Waals surface area contributed by atoms with Gasteiger partial charge >= 0.3 is 0 Å². The van der Waals surface area contributed by atoms with E-state index in [1.807, 2.05) is 38.1 Å². The molecular formula is C15H18N2O. The molecule has 2 rings (SSSR count). The van der Waals surface area contributed by atoms with E-state index < -0.39 is 5.54 Å². The quantitative estimate of drug-likeness (QED) is 0.776. The molecule has 0 saturated carbocycles. The normalized spacial score (nSPS) is 18.2. The van der Waals surface area contributed by atoms with E-state index in [0.29, 0.717) is 6.54 Å². The van der Waals surface area contributed by atoms with E-state index in [1.54, 1.807) is 0 Å². The molecule has 0 fully saturated rings. The molecule has 18 heavy (non-hydrogen) atoms. The first-order chi connectivity index (χ1) is 8.52. The van der Waals surface area contributed by atoms with Gasteiger partial charge in [0, 0.05) is 12.2 Å². The Morgan fingerprint density at radius 1 is 1.50 bits per heavy atom. The number of hydrogen-bond donors (Lipinski definition) is 2. The predicted molar refractivity (Wildman–Crippen MR) is 73.2 cm³/mol. The van der Waals surface area contributed by atoms with Crippen LogP contribution < -0.4 is 10.6 Å². The summed E-state index contributed by atoms with van der Waals surface area (Å²) in [5, 5.41) is 6.18. The number of hydrogen-bond acceptors (Lipinski definition) is 2. The fraction of sp³-hybridized carbons (Fsp3) is 0.400. The molecule has 0 aliphatic carbocycles. The van der Waals surface area contributed by atoms with Crippen LogP contribution in [0.3, 0.4) is 0 Å². The number of carbonyl (C=O) groups excluding carboxylic acids is 1. The summed E-state index contributed by atoms with van der Waals surface area (Å²) in [6.07, 6.45) is 6.14. The lowest BCUT2D eigenvalue weighted by atomic mass is 9.92. The van der Waals surface area contributed by atoms with Gasteiger partial charge in [-0.05, 0) is 31.9 Å². The molecule has 94 valence electrons. The molecule has 0 bridgehead atoms. The first-order valence-corrected chi connectivity index (χ1v) is 6.13. The first kappa shape index (κ1) is 12.5. The summed E-state index contributed by atoms with van der Waals surface area (Å²) in [6.45, 7) is 4.31. The fourth-order valence-electron chi connectivity index (χ4n) is 2.07. The third kappa shape index (κ3) is 2.65. The lowest BCUT2D eigenvalue weighted by Crippen LogP contribution is -2.47. The molecule has 1 unspecified atom stereocenters. The molecule has 1 atom stereocenters. The minimum atomic E-state index is -0.589. The summed E-state index contributed by atoms with van der Waals surface area (Å²) in [6, 6.07) is 8.07. The second-order valence-electron chi connectivity index (χ2n) is 5.20. The smallest absolute Gasteiger partial charge is 0.226 e. The second-order valence-corrected chi connectivity index (χ2v) is 5.20. The van der Waals surface area contributed by atoms with Gasteiger partial charge < -0.3 is 10.6 Å². The highest BCUT2D eigenvalue weighted by Gasteiger charge is 2.27. The summed E-state index contributed by atoms with van der Waals surface area (Å²) >= 11 is 0. The number of amides is 1. The third-order valence-corrected chi connectivity index (χ3v) is 3.19. The van der Waals surface area contributed by atoms with Crippen LogP contribution in [0.2, 0.25) is 0 Å². The van der Waals surface area contributed by atoms with E-state index in [-0.39, 0.29) is 11.8 Å². The van der Waals surface area contributed by atoms with Gasteiger partial charge in [-0.25, -0.2) is 0 Å². The highest BCUT2D eigenvalue weighted by Crippen LogP contribution is 2.24. The molecule has 1 amide bonds. The van der Waals surface area contributed by atoms with Crippen molar-refractivity contribution in [2.45, 2.75) is 25.8 Å². The van der Waals surface area contributed by atoms with Crippen molar-refractivity contribution in [3.63, 3.8) is 0 Å². The molecule has 0 aromatic heterocycles. The first-order valence-electron chi connectivity index (χ1n) is 6.13. The SMILES string of the molecule is C#CC(C)(C)NC(=O)C1CNc2ccccc2C1. The zero-order valence-corrected chi connectivity index (χ0v) is 10.8. The Morgan fingerprint density at radius 3 is 2.94 bits per heavy atom. The molecule has 1 aromatic rings. The van der Waals surface area contributed by atoms with Crippen molar-refractivity contribution < 1.29 is 4.79 Å². The number of fused-ring (bicyclic) bond motifs is 1. The number of terminal acetylenes is 1. The summed E-state index contributed by atoms with van der Waals surface area (Å²) in [7, 11) is 0. The minimum absolute atomic E-state index is 0.0138. The molecule has 0 radical (unpaired) electrons. The van der Waals surface area contributed by atoms with Gasteiger partial charge in [0.25, 0.3) is 0 Å². The lowest BCUT2D eigenvalue weighted by molar-refractivity contribution is -0.125. The van der Waals surface area contributed by atoms with Crippen LogP contribution in [0.25, 0.3) is 0 Å². The zero-order valence-electron chi connectivity index (χ0n) is 10.8. The molecule has 1 aliphatic heterocycles. The van der Waals surface area contributed by atoms with Crippen LogP contribution in [0.4, 0.5) is 5.69 Å². The monoisotopic (exact) mass is 242 g/mol. The summed E-state index contributed by atoms with van der Waals surface area (Å²) in [5.74, 6) is 2.53. The van der Waals surface area contributed by atoms with Crippen molar-refractivity contribution in [1.29, 1.82) is 0 Å². The van der Waals surface area contributed by atoms with Gasteiger partial charge in [0.05, 0.1) is 11.5 Å². The average Bonchev–Trinajstić information content (AvgIpc) is 2.37. The van der Waals surface area contributed by atoms with Gasteiger partial charge in [-0.1, -0.05) is 24.1 Å². The Labute approximate surface area is 108 Å². The van der Waals surface area contributed by atoms with Gasteiger partial charge in [-0.3, -0.25) is 4.79 Å². The van der Waals surface area contributed by atoms with Gasteiger partial charge in [-0.2, -0.15) is 0 Å². The summed E-state index contributed by atoms with van der Waals surface area (Å²) in [5.41, 5.74) is 1.72. The van der Waals surface area contributed by atoms with Crippen LogP contribution in [0.15, 0.2) is 24.3 Å². The Morgan fingerprint density at radius 2 is 2.22 bits per heavy atom. The topological polar surface area (TPSA) is 41.1 Å². The van der Waals surface area contributed by atoms with Gasteiger partial charge in [0.15, 0.2) is 0 Å². The molecule has 1 aromatic carbocycles. The highest BCUT2D eigenvalue weighted by molar-refractivity contribution is 5.81. The van der Waals surface area contributed by atoms with Gasteiger partial charge in [0.1, 0.15) is 0 Å². The number of rotatable bonds is 2. The van der Waals surface area contributed by atoms with Crippen molar-refractivity contribution in [2.24, 2.45) is 5.92 Å². The van der Waals surface area contributed by atoms with Crippen molar-refractivity contribution in [2.75, 3.05) is 11.9 Å². The van der Waals surface area contributed by atoms with Crippen molar-refractivity contribution >= 4 is 11.6 Å². The molecular weight excluding hydrogens is 224 g/mol. The molecule has 1 aliphatic rings. The Kier molecular flexibility index (Phi) is 3.29. The molecule has 0 saturated heterocycles. The molecule has 2 N–H and O–H groups in total. The number of para-hydroxylation sites is 1. The maximum Gasteiger partial charge on any atom is 0.226 e. The molecule has 0 spiro atoms. The van der Waals surface area contributed by atoms with E-state index in [1.165, 1.54) is 5.56 Å². The van der Waals surface area contributed by atoms with E-state index in [9.17, 15) is 4.79 Å². The van der Waals surface area contributed by atoms with E-state index in [4.69, 9.17) is 6.42 Å². The zero-order chi connectivity index (χ0) is 13.2. The van der Waals surface area contributed by atoms with E-state index in [0.717, 1.165) is 12.1 Å². The van der Waals surface area contributed by atoms with Crippen LogP contribution in [0.1, 0.15) is 19.4 Å². The fourth-order valence-corrected chi connectivity index (χ4v) is 2.07. The number of anilines is 1. The highest BCUT2D eigenvalue weighted by atomic mass is 16.2. The second kappa shape index (κ2) is 4.73. The molecule has 1 heterocycles. The predicted octanol–water partition coefficient (Wildman–Crippen LogP) is 1.80. The molecule has 3 nitrogen and oxygen atoms in total. The van der Waals surface area contributed by atoms with Crippen molar-refractivity contribution in [1.82, 2.24) is 5.32 Å². The number of benzene rings is 1. The maximum absolute atomic E-state index is 12.1. The van der Waals surface area contributed by atoms with Crippen LogP contribution in [-0.4, -0.2) is 18.0 Å². The Balaban J connectivity index is 2.06. The standard InChI is InChI=1S/C15H18N2O/c1-4-15(2,3)17-14(18)12-9-11-7-5-6-8-13(11)16-10-12/h1,5-8,12,16H,9-10H2,2-3H3,(H,17,18). The number of carbonyl (C=O) groups is 1. The van der Waals surface area contributed by atoms with Crippen molar-refractivity contribution in [3.05, 3.63) is 29.8 Å². The van der Waals surface area contributed by atoms with E-state index >= 15 is 0 Å². The van der Waals surface area contributed by atoms with Crippen molar-refractivity contribution in [3.8, 4) is 12.3 Å².